The predicted molar refractivity (Wildman–Crippen MR) is 130 cm³/mol. The van der Waals surface area contributed by atoms with Crippen LogP contribution in [0, 0.1) is 5.92 Å². The molecular formula is C26H27NO6S. The summed E-state index contributed by atoms with van der Waals surface area (Å²) in [5, 5.41) is 8.80. The van der Waals surface area contributed by atoms with Crippen LogP contribution in [-0.4, -0.2) is 40.8 Å². The molecule has 1 N–H and O–H groups in total. The molecule has 34 heavy (non-hydrogen) atoms. The molecule has 4 rings (SSSR count). The van der Waals surface area contributed by atoms with Crippen molar-refractivity contribution in [2.45, 2.75) is 38.7 Å². The standard InChI is InChI=1S/C26H27NO6S/c1-32-22-13-19(9-12-21(22)33-16-18-7-10-20(11-8-18)25(29)30)14-23-24(28)27(26(31)34-23)15-17-5-3-2-4-6-17/h7-14,17H,2-6,15-16H2,1H3,(H,29,30)/b23-14+. The fraction of sp³-hybridized carbons (Fsp3) is 0.346. The number of nitrogens with zero attached hydrogens (tertiary/aromatic N) is 1. The minimum Gasteiger partial charge on any atom is -0.493 e. The van der Waals surface area contributed by atoms with Crippen molar-refractivity contribution in [3.05, 3.63) is 64.1 Å². The zero-order valence-corrected chi connectivity index (χ0v) is 19.8. The Labute approximate surface area is 202 Å². The Morgan fingerprint density at radius 3 is 2.50 bits per heavy atom. The van der Waals surface area contributed by atoms with Gasteiger partial charge in [0.25, 0.3) is 11.1 Å². The van der Waals surface area contributed by atoms with Crippen molar-refractivity contribution in [2.75, 3.05) is 13.7 Å². The molecule has 1 aliphatic heterocycles. The van der Waals surface area contributed by atoms with Gasteiger partial charge in [-0.05, 0) is 72.0 Å². The molecule has 0 aromatic heterocycles. The molecule has 2 aromatic rings. The molecule has 2 aromatic carbocycles. The van der Waals surface area contributed by atoms with E-state index in [1.54, 1.807) is 36.4 Å². The normalized spacial score (nSPS) is 17.9. The number of methoxy groups -OCH3 is 1. The largest absolute Gasteiger partial charge is 0.493 e. The summed E-state index contributed by atoms with van der Waals surface area (Å²) >= 11 is 0.978. The fourth-order valence-electron chi connectivity index (χ4n) is 4.23. The Bertz CT molecular complexity index is 1100. The zero-order chi connectivity index (χ0) is 24.1. The summed E-state index contributed by atoms with van der Waals surface area (Å²) in [5.41, 5.74) is 1.77. The van der Waals surface area contributed by atoms with E-state index in [0.29, 0.717) is 28.9 Å². The number of hydrogen-bond donors (Lipinski definition) is 1. The van der Waals surface area contributed by atoms with Crippen LogP contribution in [0.4, 0.5) is 4.79 Å². The summed E-state index contributed by atoms with van der Waals surface area (Å²) < 4.78 is 11.3. The summed E-state index contributed by atoms with van der Waals surface area (Å²) in [7, 11) is 1.53. The van der Waals surface area contributed by atoms with E-state index in [9.17, 15) is 14.4 Å². The first-order chi connectivity index (χ1) is 16.4. The van der Waals surface area contributed by atoms with Gasteiger partial charge >= 0.3 is 5.97 Å². The molecule has 1 heterocycles. The second kappa shape index (κ2) is 10.8. The molecule has 1 aliphatic carbocycles. The maximum absolute atomic E-state index is 12.9. The van der Waals surface area contributed by atoms with E-state index in [1.807, 2.05) is 0 Å². The van der Waals surface area contributed by atoms with Gasteiger partial charge in [-0.15, -0.1) is 0 Å². The minimum atomic E-state index is -0.975. The third-order valence-electron chi connectivity index (χ3n) is 6.12. The highest BCUT2D eigenvalue weighted by molar-refractivity contribution is 8.18. The first-order valence-electron chi connectivity index (χ1n) is 11.3. The Morgan fingerprint density at radius 1 is 1.09 bits per heavy atom. The highest BCUT2D eigenvalue weighted by Crippen LogP contribution is 2.36. The first-order valence-corrected chi connectivity index (χ1v) is 12.1. The smallest absolute Gasteiger partial charge is 0.335 e. The van der Waals surface area contributed by atoms with E-state index >= 15 is 0 Å². The van der Waals surface area contributed by atoms with Crippen molar-refractivity contribution in [2.24, 2.45) is 5.92 Å². The molecule has 1 saturated carbocycles. The molecule has 0 spiro atoms. The van der Waals surface area contributed by atoms with Gasteiger partial charge in [-0.3, -0.25) is 14.5 Å². The van der Waals surface area contributed by atoms with Gasteiger partial charge in [0.05, 0.1) is 17.6 Å². The van der Waals surface area contributed by atoms with Crippen molar-refractivity contribution < 1.29 is 29.0 Å². The van der Waals surface area contributed by atoms with Gasteiger partial charge in [0.1, 0.15) is 6.61 Å². The highest BCUT2D eigenvalue weighted by atomic mass is 32.2. The molecule has 0 radical (unpaired) electrons. The Balaban J connectivity index is 1.42. The maximum Gasteiger partial charge on any atom is 0.335 e. The molecule has 0 unspecified atom stereocenters. The third kappa shape index (κ3) is 5.62. The number of amides is 2. The number of carboxylic acid groups (broad SMARTS) is 1. The van der Waals surface area contributed by atoms with Crippen LogP contribution in [-0.2, 0) is 11.4 Å². The lowest BCUT2D eigenvalue weighted by atomic mass is 9.89. The lowest BCUT2D eigenvalue weighted by Crippen LogP contribution is -2.34. The van der Waals surface area contributed by atoms with E-state index in [-0.39, 0.29) is 23.3 Å². The van der Waals surface area contributed by atoms with Crippen molar-refractivity contribution >= 4 is 35.0 Å². The number of carbonyl (C=O) groups excluding carboxylic acids is 2. The quantitative estimate of drug-likeness (QED) is 0.491. The second-order valence-electron chi connectivity index (χ2n) is 8.50. The molecule has 178 valence electrons. The summed E-state index contributed by atoms with van der Waals surface area (Å²) in [6.07, 6.45) is 7.42. The van der Waals surface area contributed by atoms with E-state index in [0.717, 1.165) is 35.7 Å². The number of hydrogen-bond acceptors (Lipinski definition) is 6. The van der Waals surface area contributed by atoms with Gasteiger partial charge in [-0.2, -0.15) is 0 Å². The lowest BCUT2D eigenvalue weighted by Gasteiger charge is -2.25. The number of rotatable bonds is 8. The first kappa shape index (κ1) is 23.9. The van der Waals surface area contributed by atoms with Gasteiger partial charge in [-0.1, -0.05) is 37.5 Å². The molecule has 1 saturated heterocycles. The van der Waals surface area contributed by atoms with Crippen LogP contribution in [0.25, 0.3) is 6.08 Å². The van der Waals surface area contributed by atoms with Crippen LogP contribution < -0.4 is 9.47 Å². The second-order valence-corrected chi connectivity index (χ2v) is 9.49. The van der Waals surface area contributed by atoms with E-state index < -0.39 is 5.97 Å². The number of carboxylic acids is 1. The van der Waals surface area contributed by atoms with Crippen LogP contribution in [0.3, 0.4) is 0 Å². The van der Waals surface area contributed by atoms with Crippen LogP contribution in [0.2, 0.25) is 0 Å². The number of imide groups is 1. The van der Waals surface area contributed by atoms with Crippen molar-refractivity contribution in [3.8, 4) is 11.5 Å². The molecule has 8 heteroatoms. The summed E-state index contributed by atoms with van der Waals surface area (Å²) in [5.74, 6) is 0.212. The van der Waals surface area contributed by atoms with Crippen molar-refractivity contribution in [1.29, 1.82) is 0 Å². The van der Waals surface area contributed by atoms with Crippen molar-refractivity contribution in [1.82, 2.24) is 4.90 Å². The zero-order valence-electron chi connectivity index (χ0n) is 19.0. The van der Waals surface area contributed by atoms with Crippen LogP contribution in [0.15, 0.2) is 47.4 Å². The van der Waals surface area contributed by atoms with Crippen LogP contribution in [0.5, 0.6) is 11.5 Å². The van der Waals surface area contributed by atoms with Crippen LogP contribution >= 0.6 is 11.8 Å². The topological polar surface area (TPSA) is 93.1 Å². The lowest BCUT2D eigenvalue weighted by molar-refractivity contribution is -0.123. The number of aromatic carboxylic acids is 1. The van der Waals surface area contributed by atoms with Gasteiger partial charge in [-0.25, -0.2) is 4.79 Å². The molecular weight excluding hydrogens is 454 g/mol. The summed E-state index contributed by atoms with van der Waals surface area (Å²) in [6, 6.07) is 11.8. The maximum atomic E-state index is 12.9. The Morgan fingerprint density at radius 2 is 1.82 bits per heavy atom. The third-order valence-corrected chi connectivity index (χ3v) is 7.03. The van der Waals surface area contributed by atoms with E-state index in [2.05, 4.69) is 0 Å². The Kier molecular flexibility index (Phi) is 7.57. The average Bonchev–Trinajstić information content (AvgIpc) is 3.11. The monoisotopic (exact) mass is 481 g/mol. The number of benzene rings is 2. The van der Waals surface area contributed by atoms with E-state index in [1.165, 1.54) is 43.4 Å². The SMILES string of the molecule is COc1cc(/C=C2/SC(=O)N(CC3CCCCC3)C2=O)ccc1OCc1ccc(C(=O)O)cc1. The average molecular weight is 482 g/mol. The van der Waals surface area contributed by atoms with E-state index in [4.69, 9.17) is 14.6 Å². The molecule has 2 fully saturated rings. The molecule has 2 aliphatic rings. The summed E-state index contributed by atoms with van der Waals surface area (Å²) in [4.78, 5) is 38.1. The highest BCUT2D eigenvalue weighted by Gasteiger charge is 2.36. The van der Waals surface area contributed by atoms with Gasteiger partial charge in [0.2, 0.25) is 0 Å². The van der Waals surface area contributed by atoms with Gasteiger partial charge < -0.3 is 14.6 Å². The number of carbonyl (C=O) groups is 3. The molecule has 7 nitrogen and oxygen atoms in total. The predicted octanol–water partition coefficient (Wildman–Crippen LogP) is 5.59. The van der Waals surface area contributed by atoms with Crippen LogP contribution in [0.1, 0.15) is 53.6 Å². The number of thioether (sulfide) groups is 1. The minimum absolute atomic E-state index is 0.206. The fourth-order valence-corrected chi connectivity index (χ4v) is 5.08. The molecule has 0 bridgehead atoms. The van der Waals surface area contributed by atoms with Gasteiger partial charge in [0, 0.05) is 6.54 Å². The molecule has 0 atom stereocenters. The summed E-state index contributed by atoms with van der Waals surface area (Å²) in [6.45, 7) is 0.751. The number of ether oxygens (including phenoxy) is 2. The molecule has 2 amide bonds. The Hall–Kier alpha value is -3.26. The van der Waals surface area contributed by atoms with Gasteiger partial charge in [0.15, 0.2) is 11.5 Å². The van der Waals surface area contributed by atoms with Crippen molar-refractivity contribution in [3.63, 3.8) is 0 Å².